The highest BCUT2D eigenvalue weighted by Gasteiger charge is 2.27. The highest BCUT2D eigenvalue weighted by molar-refractivity contribution is 6.22. The van der Waals surface area contributed by atoms with Crippen LogP contribution in [0.25, 0.3) is 17.2 Å². The Morgan fingerprint density at radius 1 is 0.875 bits per heavy atom. The number of fused-ring (bicyclic) bond motifs is 3. The van der Waals surface area contributed by atoms with Gasteiger partial charge in [0.05, 0.1) is 0 Å². The topological polar surface area (TPSA) is 17.1 Å². The number of benzene rings is 2. The molecule has 0 fully saturated rings. The van der Waals surface area contributed by atoms with Crippen LogP contribution in [0.2, 0.25) is 0 Å². The van der Waals surface area contributed by atoms with Crippen LogP contribution < -0.4 is 0 Å². The van der Waals surface area contributed by atoms with Gasteiger partial charge in [0.2, 0.25) is 0 Å². The van der Waals surface area contributed by atoms with Crippen LogP contribution in [0.4, 0.5) is 0 Å². The van der Waals surface area contributed by atoms with Gasteiger partial charge in [-0.25, -0.2) is 0 Å². The maximum Gasteiger partial charge on any atom is 0.194 e. The Labute approximate surface area is 94.0 Å². The van der Waals surface area contributed by atoms with Gasteiger partial charge in [0.15, 0.2) is 5.78 Å². The van der Waals surface area contributed by atoms with E-state index >= 15 is 0 Å². The molecule has 1 aliphatic rings. The highest BCUT2D eigenvalue weighted by atomic mass is 16.1. The standard InChI is InChI=1S/C15H10O/c1-2-10-6-5-9-13-14(10)11-7-3-4-8-12(11)15(13)16/h2-9H,1H2. The predicted octanol–water partition coefficient (Wildman–Crippen LogP) is 3.54. The lowest BCUT2D eigenvalue weighted by Gasteiger charge is -2.03. The summed E-state index contributed by atoms with van der Waals surface area (Å²) in [4.78, 5) is 12.1. The van der Waals surface area contributed by atoms with Gasteiger partial charge in [0, 0.05) is 16.7 Å². The third-order valence-corrected chi connectivity index (χ3v) is 3.00. The molecule has 1 nitrogen and oxygen atoms in total. The van der Waals surface area contributed by atoms with Crippen molar-refractivity contribution in [2.45, 2.75) is 0 Å². The molecule has 0 N–H and O–H groups in total. The Bertz CT molecular complexity index is 609. The van der Waals surface area contributed by atoms with Gasteiger partial charge in [-0.2, -0.15) is 0 Å². The van der Waals surface area contributed by atoms with E-state index in [1.165, 1.54) is 0 Å². The Hall–Kier alpha value is -2.15. The molecule has 0 radical (unpaired) electrons. The van der Waals surface area contributed by atoms with Crippen LogP contribution in [0.5, 0.6) is 0 Å². The molecule has 0 spiro atoms. The predicted molar refractivity (Wildman–Crippen MR) is 65.4 cm³/mol. The van der Waals surface area contributed by atoms with Crippen molar-refractivity contribution in [1.29, 1.82) is 0 Å². The molecule has 0 saturated carbocycles. The van der Waals surface area contributed by atoms with Crippen LogP contribution in [0.3, 0.4) is 0 Å². The first-order valence-corrected chi connectivity index (χ1v) is 5.22. The summed E-state index contributed by atoms with van der Waals surface area (Å²) in [5.41, 5.74) is 4.66. The fraction of sp³-hybridized carbons (Fsp3) is 0. The minimum atomic E-state index is 0.120. The first-order chi connectivity index (χ1) is 7.83. The van der Waals surface area contributed by atoms with Gasteiger partial charge in [0.1, 0.15) is 0 Å². The van der Waals surface area contributed by atoms with Crippen molar-refractivity contribution in [3.05, 3.63) is 65.7 Å². The van der Waals surface area contributed by atoms with Crippen molar-refractivity contribution < 1.29 is 4.79 Å². The lowest BCUT2D eigenvalue weighted by Crippen LogP contribution is -1.94. The van der Waals surface area contributed by atoms with Crippen molar-refractivity contribution in [1.82, 2.24) is 0 Å². The van der Waals surface area contributed by atoms with Crippen molar-refractivity contribution in [2.75, 3.05) is 0 Å². The van der Waals surface area contributed by atoms with Gasteiger partial charge in [0.25, 0.3) is 0 Å². The Balaban J connectivity index is 2.44. The van der Waals surface area contributed by atoms with E-state index in [2.05, 4.69) is 6.58 Å². The molecule has 0 saturated heterocycles. The third kappa shape index (κ3) is 1.03. The van der Waals surface area contributed by atoms with E-state index in [4.69, 9.17) is 0 Å². The molecular formula is C15H10O. The highest BCUT2D eigenvalue weighted by Crippen LogP contribution is 2.38. The van der Waals surface area contributed by atoms with Gasteiger partial charge >= 0.3 is 0 Å². The van der Waals surface area contributed by atoms with Crippen molar-refractivity contribution in [3.63, 3.8) is 0 Å². The zero-order valence-electron chi connectivity index (χ0n) is 8.73. The van der Waals surface area contributed by atoms with Crippen LogP contribution >= 0.6 is 0 Å². The average molecular weight is 206 g/mol. The van der Waals surface area contributed by atoms with Crippen LogP contribution in [-0.2, 0) is 0 Å². The molecule has 1 heteroatoms. The molecule has 0 heterocycles. The normalized spacial score (nSPS) is 12.1. The fourth-order valence-corrected chi connectivity index (χ4v) is 2.27. The monoisotopic (exact) mass is 206 g/mol. The first-order valence-electron chi connectivity index (χ1n) is 5.22. The molecule has 2 aromatic rings. The number of ketones is 1. The summed E-state index contributed by atoms with van der Waals surface area (Å²) in [6.07, 6.45) is 1.80. The largest absolute Gasteiger partial charge is 0.289 e. The van der Waals surface area contributed by atoms with Crippen LogP contribution in [0.1, 0.15) is 21.5 Å². The van der Waals surface area contributed by atoms with Crippen LogP contribution in [0, 0.1) is 0 Å². The lowest BCUT2D eigenvalue weighted by molar-refractivity contribution is 0.104. The number of hydrogen-bond acceptors (Lipinski definition) is 1. The van der Waals surface area contributed by atoms with E-state index in [1.807, 2.05) is 42.5 Å². The molecule has 76 valence electrons. The summed E-state index contributed by atoms with van der Waals surface area (Å²) >= 11 is 0. The van der Waals surface area contributed by atoms with Gasteiger partial charge in [-0.05, 0) is 11.1 Å². The second-order valence-corrected chi connectivity index (χ2v) is 3.85. The quantitative estimate of drug-likeness (QED) is 0.595. The van der Waals surface area contributed by atoms with Gasteiger partial charge < -0.3 is 0 Å². The van der Waals surface area contributed by atoms with E-state index < -0.39 is 0 Å². The molecule has 0 bridgehead atoms. The van der Waals surface area contributed by atoms with E-state index in [-0.39, 0.29) is 5.78 Å². The zero-order valence-corrected chi connectivity index (χ0v) is 8.73. The second-order valence-electron chi connectivity index (χ2n) is 3.85. The number of carbonyl (C=O) groups excluding carboxylic acids is 1. The van der Waals surface area contributed by atoms with Crippen LogP contribution in [-0.4, -0.2) is 5.78 Å². The molecule has 3 rings (SSSR count). The third-order valence-electron chi connectivity index (χ3n) is 3.00. The maximum atomic E-state index is 12.1. The van der Waals surface area contributed by atoms with Crippen molar-refractivity contribution in [2.24, 2.45) is 0 Å². The van der Waals surface area contributed by atoms with E-state index in [1.54, 1.807) is 6.08 Å². The lowest BCUT2D eigenvalue weighted by atomic mass is 10.00. The summed E-state index contributed by atoms with van der Waals surface area (Å²) in [6, 6.07) is 13.5. The minimum absolute atomic E-state index is 0.120. The molecule has 1 aliphatic carbocycles. The Morgan fingerprint density at radius 2 is 1.56 bits per heavy atom. The smallest absolute Gasteiger partial charge is 0.194 e. The molecule has 0 amide bonds. The average Bonchev–Trinajstić information content (AvgIpc) is 2.64. The number of rotatable bonds is 1. The fourth-order valence-electron chi connectivity index (χ4n) is 2.27. The number of hydrogen-bond donors (Lipinski definition) is 0. The van der Waals surface area contributed by atoms with Gasteiger partial charge in [-0.3, -0.25) is 4.79 Å². The summed E-state index contributed by atoms with van der Waals surface area (Å²) in [5, 5.41) is 0. The first kappa shape index (κ1) is 9.10. The summed E-state index contributed by atoms with van der Waals surface area (Å²) < 4.78 is 0. The van der Waals surface area contributed by atoms with Crippen LogP contribution in [0.15, 0.2) is 49.0 Å². The minimum Gasteiger partial charge on any atom is -0.289 e. The Kier molecular flexibility index (Phi) is 1.80. The SMILES string of the molecule is C=Cc1cccc2c1-c1ccccc1C2=O. The van der Waals surface area contributed by atoms with Gasteiger partial charge in [-0.15, -0.1) is 0 Å². The summed E-state index contributed by atoms with van der Waals surface area (Å²) in [7, 11) is 0. The molecule has 2 aromatic carbocycles. The molecule has 0 unspecified atom stereocenters. The molecular weight excluding hydrogens is 196 g/mol. The maximum absolute atomic E-state index is 12.1. The second kappa shape index (κ2) is 3.17. The Morgan fingerprint density at radius 3 is 2.31 bits per heavy atom. The summed E-state index contributed by atoms with van der Waals surface area (Å²) in [5.74, 6) is 0.120. The van der Waals surface area contributed by atoms with Crippen molar-refractivity contribution >= 4 is 11.9 Å². The molecule has 16 heavy (non-hydrogen) atoms. The molecule has 0 aromatic heterocycles. The summed E-state index contributed by atoms with van der Waals surface area (Å²) in [6.45, 7) is 3.80. The van der Waals surface area contributed by atoms with Crippen molar-refractivity contribution in [3.8, 4) is 11.1 Å². The molecule has 0 aliphatic heterocycles. The zero-order chi connectivity index (χ0) is 11.1. The van der Waals surface area contributed by atoms with E-state index in [9.17, 15) is 4.79 Å². The number of carbonyl (C=O) groups is 1. The molecule has 0 atom stereocenters. The van der Waals surface area contributed by atoms with Gasteiger partial charge in [-0.1, -0.05) is 55.1 Å². The van der Waals surface area contributed by atoms with E-state index in [0.29, 0.717) is 0 Å². The van der Waals surface area contributed by atoms with E-state index in [0.717, 1.165) is 27.8 Å².